The van der Waals surface area contributed by atoms with Crippen LogP contribution in [0.15, 0.2) is 11.6 Å². The molecule has 1 N–H and O–H groups in total. The Bertz CT molecular complexity index is 508. The highest BCUT2D eigenvalue weighted by Gasteiger charge is 2.63. The molecule has 1 unspecified atom stereocenters. The standard InChI is InChI=1S/C22H36O/c1-4-12-22(23)15-11-19-17-9-8-16-7-5-6-13-20(16,2)18(17)10-14-21(19,22)3/h7,17-19,23H,4-6,8-15H2,1-3H3/t17-,18-,19+,20+,21+,22?/m1/s1. The van der Waals surface area contributed by atoms with Gasteiger partial charge in [-0.25, -0.2) is 0 Å². The molecular formula is C22H36O. The Kier molecular flexibility index (Phi) is 3.76. The van der Waals surface area contributed by atoms with E-state index in [0.29, 0.717) is 5.41 Å². The molecule has 3 saturated carbocycles. The van der Waals surface area contributed by atoms with Crippen molar-refractivity contribution in [2.24, 2.45) is 28.6 Å². The van der Waals surface area contributed by atoms with E-state index >= 15 is 0 Å². The first-order chi connectivity index (χ1) is 10.9. The van der Waals surface area contributed by atoms with Crippen molar-refractivity contribution in [1.29, 1.82) is 0 Å². The molecule has 0 aliphatic heterocycles. The lowest BCUT2D eigenvalue weighted by Crippen LogP contribution is -2.54. The van der Waals surface area contributed by atoms with Crippen LogP contribution in [0.5, 0.6) is 0 Å². The maximum Gasteiger partial charge on any atom is 0.0703 e. The van der Waals surface area contributed by atoms with Gasteiger partial charge in [-0.3, -0.25) is 0 Å². The van der Waals surface area contributed by atoms with Crippen molar-refractivity contribution in [2.45, 2.75) is 97.0 Å². The van der Waals surface area contributed by atoms with E-state index in [-0.39, 0.29) is 11.0 Å². The van der Waals surface area contributed by atoms with Gasteiger partial charge in [0, 0.05) is 0 Å². The summed E-state index contributed by atoms with van der Waals surface area (Å²) in [6.07, 6.45) is 16.6. The molecule has 3 fully saturated rings. The SMILES string of the molecule is CCCC1(O)CC[C@H]2[C@@H]3CCC4=CCCC[C@]4(C)[C@@H]3CC[C@@]21C. The molecule has 4 aliphatic rings. The molecule has 0 aromatic rings. The number of hydrogen-bond acceptors (Lipinski definition) is 1. The molecule has 0 saturated heterocycles. The zero-order valence-electron chi connectivity index (χ0n) is 15.5. The molecule has 0 spiro atoms. The zero-order valence-corrected chi connectivity index (χ0v) is 15.5. The van der Waals surface area contributed by atoms with Gasteiger partial charge in [0.05, 0.1) is 5.60 Å². The van der Waals surface area contributed by atoms with Crippen LogP contribution in [-0.2, 0) is 0 Å². The van der Waals surface area contributed by atoms with Gasteiger partial charge in [-0.2, -0.15) is 0 Å². The van der Waals surface area contributed by atoms with E-state index in [1.807, 2.05) is 0 Å². The van der Waals surface area contributed by atoms with Gasteiger partial charge in [0.1, 0.15) is 0 Å². The van der Waals surface area contributed by atoms with Gasteiger partial charge < -0.3 is 5.11 Å². The lowest BCUT2D eigenvalue weighted by Gasteiger charge is -2.59. The second-order valence-electron chi connectivity index (χ2n) is 9.73. The summed E-state index contributed by atoms with van der Waals surface area (Å²) in [5.41, 5.74) is 2.11. The summed E-state index contributed by atoms with van der Waals surface area (Å²) in [5.74, 6) is 2.54. The normalized spacial score (nSPS) is 52.3. The Morgan fingerprint density at radius 2 is 1.87 bits per heavy atom. The first-order valence-electron chi connectivity index (χ1n) is 10.4. The van der Waals surface area contributed by atoms with Crippen LogP contribution in [0.2, 0.25) is 0 Å². The molecule has 6 atom stereocenters. The van der Waals surface area contributed by atoms with Crippen molar-refractivity contribution in [1.82, 2.24) is 0 Å². The Morgan fingerprint density at radius 1 is 1.09 bits per heavy atom. The summed E-state index contributed by atoms with van der Waals surface area (Å²) in [5, 5.41) is 11.4. The summed E-state index contributed by atoms with van der Waals surface area (Å²) >= 11 is 0. The van der Waals surface area contributed by atoms with Crippen molar-refractivity contribution < 1.29 is 5.11 Å². The first kappa shape index (κ1) is 16.2. The highest BCUT2D eigenvalue weighted by atomic mass is 16.3. The van der Waals surface area contributed by atoms with Gasteiger partial charge in [0.25, 0.3) is 0 Å². The number of rotatable bonds is 2. The monoisotopic (exact) mass is 316 g/mol. The molecule has 4 aliphatic carbocycles. The van der Waals surface area contributed by atoms with Gasteiger partial charge in [-0.1, -0.05) is 38.8 Å². The van der Waals surface area contributed by atoms with Crippen LogP contribution < -0.4 is 0 Å². The van der Waals surface area contributed by atoms with Crippen LogP contribution in [0.3, 0.4) is 0 Å². The molecule has 0 amide bonds. The van der Waals surface area contributed by atoms with Gasteiger partial charge in [-0.05, 0) is 92.8 Å². The Hall–Kier alpha value is -0.300. The molecule has 130 valence electrons. The molecule has 23 heavy (non-hydrogen) atoms. The van der Waals surface area contributed by atoms with Gasteiger partial charge >= 0.3 is 0 Å². The van der Waals surface area contributed by atoms with Crippen molar-refractivity contribution in [3.8, 4) is 0 Å². The highest BCUT2D eigenvalue weighted by molar-refractivity contribution is 5.24. The van der Waals surface area contributed by atoms with E-state index in [2.05, 4.69) is 26.8 Å². The van der Waals surface area contributed by atoms with Crippen molar-refractivity contribution >= 4 is 0 Å². The fraction of sp³-hybridized carbons (Fsp3) is 0.909. The minimum atomic E-state index is -0.374. The minimum Gasteiger partial charge on any atom is -0.389 e. The van der Waals surface area contributed by atoms with Crippen LogP contribution in [-0.4, -0.2) is 10.7 Å². The average molecular weight is 317 g/mol. The topological polar surface area (TPSA) is 20.2 Å². The summed E-state index contributed by atoms with van der Waals surface area (Å²) < 4.78 is 0. The fourth-order valence-corrected chi connectivity index (χ4v) is 7.69. The fourth-order valence-electron chi connectivity index (χ4n) is 7.69. The predicted octanol–water partition coefficient (Wildman–Crippen LogP) is 5.87. The maximum absolute atomic E-state index is 11.4. The second-order valence-corrected chi connectivity index (χ2v) is 9.73. The molecule has 1 nitrogen and oxygen atoms in total. The Balaban J connectivity index is 1.65. The summed E-state index contributed by atoms with van der Waals surface area (Å²) in [7, 11) is 0. The number of fused-ring (bicyclic) bond motifs is 5. The third-order valence-corrected chi connectivity index (χ3v) is 9.01. The molecule has 0 radical (unpaired) electrons. The summed E-state index contributed by atoms with van der Waals surface area (Å²) in [6, 6.07) is 0. The summed E-state index contributed by atoms with van der Waals surface area (Å²) in [4.78, 5) is 0. The molecular weight excluding hydrogens is 280 g/mol. The van der Waals surface area contributed by atoms with E-state index in [4.69, 9.17) is 0 Å². The highest BCUT2D eigenvalue weighted by Crippen LogP contribution is 2.68. The smallest absolute Gasteiger partial charge is 0.0703 e. The van der Waals surface area contributed by atoms with E-state index < -0.39 is 0 Å². The van der Waals surface area contributed by atoms with Gasteiger partial charge in [0.15, 0.2) is 0 Å². The Morgan fingerprint density at radius 3 is 2.65 bits per heavy atom. The van der Waals surface area contributed by atoms with Crippen molar-refractivity contribution in [2.75, 3.05) is 0 Å². The van der Waals surface area contributed by atoms with Crippen LogP contribution in [0.25, 0.3) is 0 Å². The second kappa shape index (κ2) is 5.35. The molecule has 0 aromatic heterocycles. The zero-order chi connectivity index (χ0) is 16.3. The van der Waals surface area contributed by atoms with E-state index in [1.165, 1.54) is 51.4 Å². The Labute approximate surface area is 142 Å². The van der Waals surface area contributed by atoms with E-state index in [9.17, 15) is 5.11 Å². The maximum atomic E-state index is 11.4. The van der Waals surface area contributed by atoms with Gasteiger partial charge in [-0.15, -0.1) is 0 Å². The molecule has 1 heteroatoms. The number of hydrogen-bond donors (Lipinski definition) is 1. The lowest BCUT2D eigenvalue weighted by molar-refractivity contribution is -0.130. The first-order valence-corrected chi connectivity index (χ1v) is 10.4. The van der Waals surface area contributed by atoms with Crippen LogP contribution in [0, 0.1) is 28.6 Å². The lowest BCUT2D eigenvalue weighted by atomic mass is 9.46. The molecule has 0 heterocycles. The van der Waals surface area contributed by atoms with Crippen molar-refractivity contribution in [3.63, 3.8) is 0 Å². The average Bonchev–Trinajstić information content (AvgIpc) is 2.79. The third-order valence-electron chi connectivity index (χ3n) is 9.01. The van der Waals surface area contributed by atoms with E-state index in [1.54, 1.807) is 5.57 Å². The predicted molar refractivity (Wildman–Crippen MR) is 96.2 cm³/mol. The van der Waals surface area contributed by atoms with Crippen molar-refractivity contribution in [3.05, 3.63) is 11.6 Å². The van der Waals surface area contributed by atoms with Crippen LogP contribution in [0.4, 0.5) is 0 Å². The molecule has 4 rings (SSSR count). The quantitative estimate of drug-likeness (QED) is 0.632. The number of aliphatic hydroxyl groups is 1. The third kappa shape index (κ3) is 2.08. The van der Waals surface area contributed by atoms with Crippen LogP contribution >= 0.6 is 0 Å². The minimum absolute atomic E-state index is 0.191. The van der Waals surface area contributed by atoms with Gasteiger partial charge in [0.2, 0.25) is 0 Å². The molecule has 0 aromatic carbocycles. The summed E-state index contributed by atoms with van der Waals surface area (Å²) in [6.45, 7) is 7.27. The van der Waals surface area contributed by atoms with E-state index in [0.717, 1.165) is 37.0 Å². The number of allylic oxidation sites excluding steroid dienone is 2. The van der Waals surface area contributed by atoms with Crippen LogP contribution in [0.1, 0.15) is 91.4 Å². The largest absolute Gasteiger partial charge is 0.389 e. The molecule has 0 bridgehead atoms.